The van der Waals surface area contributed by atoms with E-state index in [0.717, 1.165) is 32.1 Å². The molecule has 0 spiro atoms. The van der Waals surface area contributed by atoms with Gasteiger partial charge in [0.2, 0.25) is 0 Å². The molecule has 1 unspecified atom stereocenters. The molecule has 0 aromatic heterocycles. The fraction of sp³-hybridized carbons (Fsp3) is 0.818. The molecule has 0 aromatic carbocycles. The lowest BCUT2D eigenvalue weighted by Crippen LogP contribution is -2.42. The van der Waals surface area contributed by atoms with Gasteiger partial charge in [-0.1, -0.05) is 13.0 Å². The summed E-state index contributed by atoms with van der Waals surface area (Å²) >= 11 is 0. The molecule has 1 saturated carbocycles. The average Bonchev–Trinajstić information content (AvgIpc) is 2.93. The highest BCUT2D eigenvalue weighted by molar-refractivity contribution is 5.03. The minimum atomic E-state index is 0.0852. The Bertz CT molecular complexity index is 163. The summed E-state index contributed by atoms with van der Waals surface area (Å²) in [5.74, 6) is 0. The predicted octanol–water partition coefficient (Wildman–Crippen LogP) is 1.85. The summed E-state index contributed by atoms with van der Waals surface area (Å²) in [4.78, 5) is 0. The van der Waals surface area contributed by atoms with Gasteiger partial charge in [-0.05, 0) is 32.1 Å². The Labute approximate surface area is 81.0 Å². The third-order valence-electron chi connectivity index (χ3n) is 2.88. The maximum absolute atomic E-state index is 9.14. The predicted molar refractivity (Wildman–Crippen MR) is 55.7 cm³/mol. The van der Waals surface area contributed by atoms with E-state index in [1.807, 2.05) is 6.08 Å². The maximum atomic E-state index is 9.14. The second-order valence-electron chi connectivity index (χ2n) is 4.05. The first-order valence-corrected chi connectivity index (χ1v) is 5.26. The molecular formula is C11H21NO. The fourth-order valence-electron chi connectivity index (χ4n) is 1.63. The third kappa shape index (κ3) is 3.12. The van der Waals surface area contributed by atoms with Crippen molar-refractivity contribution in [2.75, 3.05) is 6.61 Å². The molecule has 0 aliphatic heterocycles. The van der Waals surface area contributed by atoms with E-state index >= 15 is 0 Å². The number of allylic oxidation sites excluding steroid dienone is 1. The van der Waals surface area contributed by atoms with Crippen molar-refractivity contribution in [1.29, 1.82) is 0 Å². The SMILES string of the molecule is C=CCCC(CC)NC1(CO)CC1. The minimum Gasteiger partial charge on any atom is -0.394 e. The number of hydrogen-bond acceptors (Lipinski definition) is 2. The number of nitrogens with one attached hydrogen (secondary N) is 1. The molecule has 1 aliphatic rings. The van der Waals surface area contributed by atoms with E-state index < -0.39 is 0 Å². The van der Waals surface area contributed by atoms with Gasteiger partial charge in [-0.15, -0.1) is 6.58 Å². The zero-order valence-corrected chi connectivity index (χ0v) is 8.55. The summed E-state index contributed by atoms with van der Waals surface area (Å²) in [6, 6.07) is 0.549. The van der Waals surface area contributed by atoms with Gasteiger partial charge in [0, 0.05) is 11.6 Å². The summed E-state index contributed by atoms with van der Waals surface area (Å²) in [7, 11) is 0. The van der Waals surface area contributed by atoms with Gasteiger partial charge >= 0.3 is 0 Å². The van der Waals surface area contributed by atoms with E-state index in [1.54, 1.807) is 0 Å². The van der Waals surface area contributed by atoms with Crippen LogP contribution < -0.4 is 5.32 Å². The summed E-state index contributed by atoms with van der Waals surface area (Å²) in [5, 5.41) is 12.7. The fourth-order valence-corrected chi connectivity index (χ4v) is 1.63. The van der Waals surface area contributed by atoms with Crippen LogP contribution in [0.4, 0.5) is 0 Å². The van der Waals surface area contributed by atoms with Crippen LogP contribution in [0.5, 0.6) is 0 Å². The van der Waals surface area contributed by atoms with Crippen LogP contribution >= 0.6 is 0 Å². The highest BCUT2D eigenvalue weighted by Gasteiger charge is 2.42. The molecule has 0 amide bonds. The monoisotopic (exact) mass is 183 g/mol. The number of rotatable bonds is 7. The molecule has 13 heavy (non-hydrogen) atoms. The molecule has 1 atom stereocenters. The van der Waals surface area contributed by atoms with E-state index in [2.05, 4.69) is 18.8 Å². The molecular weight excluding hydrogens is 162 g/mol. The van der Waals surface area contributed by atoms with Crippen LogP contribution in [0, 0.1) is 0 Å². The van der Waals surface area contributed by atoms with Gasteiger partial charge in [-0.3, -0.25) is 0 Å². The van der Waals surface area contributed by atoms with Crippen molar-refractivity contribution in [2.45, 2.75) is 50.6 Å². The Morgan fingerprint density at radius 3 is 2.69 bits per heavy atom. The molecule has 1 fully saturated rings. The molecule has 2 heteroatoms. The van der Waals surface area contributed by atoms with Gasteiger partial charge in [0.25, 0.3) is 0 Å². The van der Waals surface area contributed by atoms with Gasteiger partial charge in [-0.25, -0.2) is 0 Å². The van der Waals surface area contributed by atoms with E-state index in [9.17, 15) is 0 Å². The van der Waals surface area contributed by atoms with Crippen molar-refractivity contribution >= 4 is 0 Å². The second-order valence-corrected chi connectivity index (χ2v) is 4.05. The summed E-state index contributed by atoms with van der Waals surface area (Å²) in [6.45, 7) is 6.20. The van der Waals surface area contributed by atoms with E-state index in [1.165, 1.54) is 0 Å². The van der Waals surface area contributed by atoms with Gasteiger partial charge in [0.15, 0.2) is 0 Å². The molecule has 2 N–H and O–H groups in total. The Morgan fingerprint density at radius 2 is 2.31 bits per heavy atom. The normalized spacial score (nSPS) is 21.1. The van der Waals surface area contributed by atoms with Crippen LogP contribution in [0.15, 0.2) is 12.7 Å². The molecule has 0 saturated heterocycles. The quantitative estimate of drug-likeness (QED) is 0.590. The molecule has 2 nitrogen and oxygen atoms in total. The Morgan fingerprint density at radius 1 is 1.62 bits per heavy atom. The zero-order chi connectivity index (χ0) is 9.73. The average molecular weight is 183 g/mol. The van der Waals surface area contributed by atoms with Crippen LogP contribution in [0.25, 0.3) is 0 Å². The lowest BCUT2D eigenvalue weighted by molar-refractivity contribution is 0.214. The Hall–Kier alpha value is -0.340. The van der Waals surface area contributed by atoms with Crippen LogP contribution in [0.2, 0.25) is 0 Å². The minimum absolute atomic E-state index is 0.0852. The molecule has 0 radical (unpaired) electrons. The Kier molecular flexibility index (Phi) is 3.94. The molecule has 1 rings (SSSR count). The van der Waals surface area contributed by atoms with Gasteiger partial charge < -0.3 is 10.4 Å². The van der Waals surface area contributed by atoms with Crippen molar-refractivity contribution in [3.63, 3.8) is 0 Å². The molecule has 0 bridgehead atoms. The smallest absolute Gasteiger partial charge is 0.0613 e. The van der Waals surface area contributed by atoms with Crippen molar-refractivity contribution in [2.24, 2.45) is 0 Å². The van der Waals surface area contributed by atoms with Crippen LogP contribution in [0.1, 0.15) is 39.0 Å². The number of aliphatic hydroxyl groups is 1. The van der Waals surface area contributed by atoms with Crippen LogP contribution in [0.3, 0.4) is 0 Å². The van der Waals surface area contributed by atoms with Gasteiger partial charge in [0.1, 0.15) is 0 Å². The standard InChI is InChI=1S/C11H21NO/c1-3-5-6-10(4-2)12-11(9-13)7-8-11/h3,10,12-13H,1,4-9H2,2H3. The lowest BCUT2D eigenvalue weighted by atomic mass is 10.1. The first-order chi connectivity index (χ1) is 6.26. The number of hydrogen-bond donors (Lipinski definition) is 2. The number of aliphatic hydroxyl groups excluding tert-OH is 1. The zero-order valence-electron chi connectivity index (χ0n) is 8.55. The summed E-state index contributed by atoms with van der Waals surface area (Å²) < 4.78 is 0. The van der Waals surface area contributed by atoms with E-state index in [4.69, 9.17) is 5.11 Å². The van der Waals surface area contributed by atoms with Crippen molar-refractivity contribution in [1.82, 2.24) is 5.32 Å². The van der Waals surface area contributed by atoms with Crippen molar-refractivity contribution in [3.8, 4) is 0 Å². The highest BCUT2D eigenvalue weighted by Crippen LogP contribution is 2.35. The molecule has 0 aromatic rings. The van der Waals surface area contributed by atoms with Gasteiger partial charge in [0.05, 0.1) is 6.61 Å². The first-order valence-electron chi connectivity index (χ1n) is 5.26. The van der Waals surface area contributed by atoms with Crippen molar-refractivity contribution in [3.05, 3.63) is 12.7 Å². The van der Waals surface area contributed by atoms with E-state index in [0.29, 0.717) is 6.04 Å². The summed E-state index contributed by atoms with van der Waals surface area (Å²) in [5.41, 5.74) is 0.0852. The Balaban J connectivity index is 2.26. The van der Waals surface area contributed by atoms with Gasteiger partial charge in [-0.2, -0.15) is 0 Å². The molecule has 0 heterocycles. The largest absolute Gasteiger partial charge is 0.394 e. The molecule has 1 aliphatic carbocycles. The highest BCUT2D eigenvalue weighted by atomic mass is 16.3. The molecule has 76 valence electrons. The second kappa shape index (κ2) is 4.77. The van der Waals surface area contributed by atoms with Crippen molar-refractivity contribution < 1.29 is 5.11 Å². The topological polar surface area (TPSA) is 32.3 Å². The first kappa shape index (κ1) is 10.7. The summed E-state index contributed by atoms with van der Waals surface area (Å²) in [6.07, 6.45) is 7.56. The third-order valence-corrected chi connectivity index (χ3v) is 2.88. The van der Waals surface area contributed by atoms with E-state index in [-0.39, 0.29) is 12.1 Å². The maximum Gasteiger partial charge on any atom is 0.0613 e. The van der Waals surface area contributed by atoms with Crippen LogP contribution in [-0.2, 0) is 0 Å². The lowest BCUT2D eigenvalue weighted by Gasteiger charge is -2.22. The van der Waals surface area contributed by atoms with Crippen LogP contribution in [-0.4, -0.2) is 23.3 Å².